The minimum atomic E-state index is -3.40. The van der Waals surface area contributed by atoms with E-state index in [4.69, 9.17) is 14.2 Å². The Morgan fingerprint density at radius 3 is 2.59 bits per heavy atom. The number of rotatable bonds is 5. The van der Waals surface area contributed by atoms with Gasteiger partial charge in [0, 0.05) is 11.6 Å². The third kappa shape index (κ3) is 3.65. The van der Waals surface area contributed by atoms with Crippen molar-refractivity contribution in [2.24, 2.45) is 0 Å². The lowest BCUT2D eigenvalue weighted by Gasteiger charge is -2.21. The van der Waals surface area contributed by atoms with Crippen molar-refractivity contribution in [1.82, 2.24) is 0 Å². The van der Waals surface area contributed by atoms with E-state index in [-0.39, 0.29) is 24.2 Å². The molecule has 1 atom stereocenters. The molecular formula is C20H19NO7S. The number of esters is 1. The highest BCUT2D eigenvalue weighted by Crippen LogP contribution is 2.35. The minimum Gasteiger partial charge on any atom is -0.454 e. The largest absolute Gasteiger partial charge is 0.454 e. The van der Waals surface area contributed by atoms with E-state index < -0.39 is 22.6 Å². The molecule has 0 aliphatic carbocycles. The Labute approximate surface area is 168 Å². The lowest BCUT2D eigenvalue weighted by atomic mass is 10.1. The molecular weight excluding hydrogens is 398 g/mol. The van der Waals surface area contributed by atoms with Crippen LogP contribution < -0.4 is 13.8 Å². The monoisotopic (exact) mass is 417 g/mol. The fraction of sp³-hybridized carbons (Fsp3) is 0.300. The Hall–Kier alpha value is -3.07. The van der Waals surface area contributed by atoms with Crippen molar-refractivity contribution in [2.75, 3.05) is 24.0 Å². The van der Waals surface area contributed by atoms with Gasteiger partial charge in [-0.3, -0.25) is 9.10 Å². The van der Waals surface area contributed by atoms with Crippen LogP contribution in [0, 0.1) is 0 Å². The van der Waals surface area contributed by atoms with E-state index in [2.05, 4.69) is 0 Å². The van der Waals surface area contributed by atoms with Gasteiger partial charge in [-0.15, -0.1) is 0 Å². The Bertz CT molecular complexity index is 1110. The molecule has 0 saturated heterocycles. The maximum absolute atomic E-state index is 12.4. The van der Waals surface area contributed by atoms with Crippen LogP contribution in [-0.4, -0.2) is 45.9 Å². The molecule has 29 heavy (non-hydrogen) atoms. The van der Waals surface area contributed by atoms with Crippen LogP contribution in [0.25, 0.3) is 0 Å². The summed E-state index contributed by atoms with van der Waals surface area (Å²) in [6.07, 6.45) is 1.65. The van der Waals surface area contributed by atoms with Crippen molar-refractivity contribution in [3.8, 4) is 11.5 Å². The number of sulfonamides is 1. The number of Topliss-reactive ketones (excluding diaryl/α,β-unsaturated/α-hetero) is 1. The molecule has 0 spiro atoms. The van der Waals surface area contributed by atoms with Gasteiger partial charge in [0.05, 0.1) is 17.5 Å². The van der Waals surface area contributed by atoms with E-state index in [0.29, 0.717) is 29.2 Å². The van der Waals surface area contributed by atoms with Crippen LogP contribution in [0.15, 0.2) is 36.4 Å². The molecule has 2 aliphatic heterocycles. The summed E-state index contributed by atoms with van der Waals surface area (Å²) in [6, 6.07) is 9.25. The van der Waals surface area contributed by atoms with Crippen molar-refractivity contribution in [3.63, 3.8) is 0 Å². The SMILES string of the molecule is C[C@H]1Cc2cc(C(=O)OCC(=O)c3ccc4c(c3)OCO4)ccc2N1S(C)(=O)=O. The predicted molar refractivity (Wildman–Crippen MR) is 104 cm³/mol. The normalized spacial score (nSPS) is 17.2. The Morgan fingerprint density at radius 2 is 1.83 bits per heavy atom. The van der Waals surface area contributed by atoms with Gasteiger partial charge >= 0.3 is 5.97 Å². The van der Waals surface area contributed by atoms with Gasteiger partial charge in [0.15, 0.2) is 23.9 Å². The molecule has 2 aromatic rings. The molecule has 0 N–H and O–H groups in total. The first-order valence-electron chi connectivity index (χ1n) is 8.96. The van der Waals surface area contributed by atoms with E-state index in [1.807, 2.05) is 6.92 Å². The molecule has 152 valence electrons. The zero-order valence-corrected chi connectivity index (χ0v) is 16.7. The molecule has 9 heteroatoms. The summed E-state index contributed by atoms with van der Waals surface area (Å²) in [5.74, 6) is 0.0291. The molecule has 0 aromatic heterocycles. The first-order valence-corrected chi connectivity index (χ1v) is 10.8. The molecule has 2 aliphatic rings. The number of ketones is 1. The van der Waals surface area contributed by atoms with Gasteiger partial charge in [0.2, 0.25) is 16.8 Å². The van der Waals surface area contributed by atoms with E-state index >= 15 is 0 Å². The number of hydrogen-bond donors (Lipinski definition) is 0. The van der Waals surface area contributed by atoms with Crippen LogP contribution in [0.2, 0.25) is 0 Å². The topological polar surface area (TPSA) is 99.2 Å². The van der Waals surface area contributed by atoms with Crippen molar-refractivity contribution in [2.45, 2.75) is 19.4 Å². The van der Waals surface area contributed by atoms with Crippen LogP contribution in [0.5, 0.6) is 11.5 Å². The first-order chi connectivity index (χ1) is 13.7. The van der Waals surface area contributed by atoms with Gasteiger partial charge in [-0.25, -0.2) is 13.2 Å². The molecule has 8 nitrogen and oxygen atoms in total. The van der Waals surface area contributed by atoms with Gasteiger partial charge in [-0.05, 0) is 55.3 Å². The lowest BCUT2D eigenvalue weighted by molar-refractivity contribution is 0.0474. The van der Waals surface area contributed by atoms with E-state index in [1.165, 1.54) is 10.4 Å². The molecule has 0 fully saturated rings. The van der Waals surface area contributed by atoms with Crippen LogP contribution in [0.1, 0.15) is 33.2 Å². The van der Waals surface area contributed by atoms with Crippen molar-refractivity contribution in [3.05, 3.63) is 53.1 Å². The van der Waals surface area contributed by atoms with Crippen LogP contribution >= 0.6 is 0 Å². The quantitative estimate of drug-likeness (QED) is 0.543. The lowest BCUT2D eigenvalue weighted by Crippen LogP contribution is -2.34. The van der Waals surface area contributed by atoms with Gasteiger partial charge < -0.3 is 14.2 Å². The highest BCUT2D eigenvalue weighted by molar-refractivity contribution is 7.92. The first kappa shape index (κ1) is 19.3. The number of benzene rings is 2. The number of ether oxygens (including phenoxy) is 3. The maximum Gasteiger partial charge on any atom is 0.338 e. The van der Waals surface area contributed by atoms with Gasteiger partial charge in [0.25, 0.3) is 0 Å². The van der Waals surface area contributed by atoms with Crippen molar-refractivity contribution in [1.29, 1.82) is 0 Å². The van der Waals surface area contributed by atoms with E-state index in [1.54, 1.807) is 30.3 Å². The number of hydrogen-bond acceptors (Lipinski definition) is 7. The highest BCUT2D eigenvalue weighted by Gasteiger charge is 2.33. The van der Waals surface area contributed by atoms with Gasteiger partial charge in [-0.1, -0.05) is 0 Å². The van der Waals surface area contributed by atoms with Crippen LogP contribution in [-0.2, 0) is 21.2 Å². The average molecular weight is 417 g/mol. The number of carbonyl (C=O) groups is 2. The zero-order chi connectivity index (χ0) is 20.8. The summed E-state index contributed by atoms with van der Waals surface area (Å²) in [6.45, 7) is 1.50. The summed E-state index contributed by atoms with van der Waals surface area (Å²) in [5.41, 5.74) is 1.94. The molecule has 0 radical (unpaired) electrons. The summed E-state index contributed by atoms with van der Waals surface area (Å²) in [4.78, 5) is 24.7. The maximum atomic E-state index is 12.4. The zero-order valence-electron chi connectivity index (χ0n) is 15.9. The summed E-state index contributed by atoms with van der Waals surface area (Å²) < 4.78 is 40.9. The molecule has 0 unspecified atom stereocenters. The van der Waals surface area contributed by atoms with Crippen LogP contribution in [0.3, 0.4) is 0 Å². The molecule has 0 saturated carbocycles. The molecule has 2 aromatic carbocycles. The smallest absolute Gasteiger partial charge is 0.338 e. The standard InChI is InChI=1S/C20H19NO7S/c1-12-7-15-8-14(3-5-16(15)21(12)29(2,24)25)20(23)26-10-17(22)13-4-6-18-19(9-13)28-11-27-18/h3-6,8-9,12H,7,10-11H2,1-2H3/t12-/m0/s1. The average Bonchev–Trinajstić information content (AvgIpc) is 3.26. The summed E-state index contributed by atoms with van der Waals surface area (Å²) in [7, 11) is -3.40. The third-order valence-corrected chi connectivity index (χ3v) is 6.13. The van der Waals surface area contributed by atoms with E-state index in [0.717, 1.165) is 11.8 Å². The number of fused-ring (bicyclic) bond motifs is 2. The Morgan fingerprint density at radius 1 is 1.10 bits per heavy atom. The molecule has 0 bridgehead atoms. The number of anilines is 1. The van der Waals surface area contributed by atoms with E-state index in [9.17, 15) is 18.0 Å². The summed E-state index contributed by atoms with van der Waals surface area (Å²) in [5, 5.41) is 0. The highest BCUT2D eigenvalue weighted by atomic mass is 32.2. The fourth-order valence-electron chi connectivity index (χ4n) is 3.60. The second-order valence-electron chi connectivity index (χ2n) is 7.02. The van der Waals surface area contributed by atoms with Crippen LogP contribution in [0.4, 0.5) is 5.69 Å². The molecule has 0 amide bonds. The molecule has 4 rings (SSSR count). The second-order valence-corrected chi connectivity index (χ2v) is 8.88. The Balaban J connectivity index is 1.44. The minimum absolute atomic E-state index is 0.107. The van der Waals surface area contributed by atoms with Gasteiger partial charge in [0.1, 0.15) is 0 Å². The van der Waals surface area contributed by atoms with Gasteiger partial charge in [-0.2, -0.15) is 0 Å². The van der Waals surface area contributed by atoms with Crippen molar-refractivity contribution < 1.29 is 32.2 Å². The number of carbonyl (C=O) groups excluding carboxylic acids is 2. The molecule has 2 heterocycles. The second kappa shape index (κ2) is 7.07. The summed E-state index contributed by atoms with van der Waals surface area (Å²) >= 11 is 0. The Kier molecular flexibility index (Phi) is 4.70. The van der Waals surface area contributed by atoms with Crippen molar-refractivity contribution >= 4 is 27.5 Å². The third-order valence-electron chi connectivity index (χ3n) is 4.85. The number of nitrogens with zero attached hydrogens (tertiary/aromatic N) is 1. The fourth-order valence-corrected chi connectivity index (χ4v) is 4.87. The predicted octanol–water partition coefficient (Wildman–Crippen LogP) is 2.17.